The fraction of sp³-hybridized carbons (Fsp3) is 0.571. The summed E-state index contributed by atoms with van der Waals surface area (Å²) in [5, 5.41) is 4.37. The third kappa shape index (κ3) is 3.80. The van der Waals surface area contributed by atoms with Crippen LogP contribution in [-0.2, 0) is 0 Å². The minimum Gasteiger partial charge on any atom is -0.310 e. The molecule has 0 saturated carbocycles. The Bertz CT molecular complexity index is 334. The molecule has 0 bridgehead atoms. The Morgan fingerprint density at radius 3 is 2.50 bits per heavy atom. The zero-order valence-electron chi connectivity index (χ0n) is 10.7. The first kappa shape index (κ1) is 13.5. The van der Waals surface area contributed by atoms with Crippen molar-refractivity contribution in [2.24, 2.45) is 5.92 Å². The molecule has 1 N–H and O–H groups in total. The van der Waals surface area contributed by atoms with E-state index in [1.165, 1.54) is 11.1 Å². The van der Waals surface area contributed by atoms with Gasteiger partial charge in [0.1, 0.15) is 0 Å². The van der Waals surface area contributed by atoms with Gasteiger partial charge in [-0.2, -0.15) is 0 Å². The van der Waals surface area contributed by atoms with E-state index in [0.717, 1.165) is 18.0 Å². The van der Waals surface area contributed by atoms with Gasteiger partial charge in [-0.25, -0.2) is 0 Å². The lowest BCUT2D eigenvalue weighted by Crippen LogP contribution is -2.23. The second-order valence-corrected chi connectivity index (χ2v) is 5.18. The lowest BCUT2D eigenvalue weighted by Gasteiger charge is -2.22. The maximum atomic E-state index is 5.98. The van der Waals surface area contributed by atoms with Gasteiger partial charge >= 0.3 is 0 Å². The first-order chi connectivity index (χ1) is 7.54. The molecule has 90 valence electrons. The van der Waals surface area contributed by atoms with Crippen molar-refractivity contribution in [2.75, 3.05) is 6.54 Å². The van der Waals surface area contributed by atoms with E-state index in [0.29, 0.717) is 12.0 Å². The molecule has 1 atom stereocenters. The van der Waals surface area contributed by atoms with Crippen LogP contribution in [0.25, 0.3) is 0 Å². The van der Waals surface area contributed by atoms with E-state index in [2.05, 4.69) is 39.1 Å². The highest BCUT2D eigenvalue weighted by Gasteiger charge is 2.14. The minimum absolute atomic E-state index is 0.447. The van der Waals surface area contributed by atoms with Crippen LogP contribution >= 0.6 is 11.6 Å². The summed E-state index contributed by atoms with van der Waals surface area (Å²) in [5.41, 5.74) is 2.65. The normalized spacial score (nSPS) is 13.1. The average molecular weight is 240 g/mol. The predicted molar refractivity (Wildman–Crippen MR) is 72.1 cm³/mol. The maximum absolute atomic E-state index is 5.98. The number of rotatable bonds is 5. The van der Waals surface area contributed by atoms with Crippen molar-refractivity contribution in [3.05, 3.63) is 34.3 Å². The molecule has 0 aliphatic rings. The summed E-state index contributed by atoms with van der Waals surface area (Å²) in [6, 6.07) is 6.62. The first-order valence-electron chi connectivity index (χ1n) is 6.04. The van der Waals surface area contributed by atoms with Gasteiger partial charge in [0, 0.05) is 11.1 Å². The van der Waals surface area contributed by atoms with E-state index in [1.807, 2.05) is 12.1 Å². The molecule has 1 nitrogen and oxygen atoms in total. The molecule has 0 aromatic heterocycles. The summed E-state index contributed by atoms with van der Waals surface area (Å²) in [7, 11) is 0. The number of aryl methyl sites for hydroxylation is 1. The van der Waals surface area contributed by atoms with Crippen LogP contribution in [0.2, 0.25) is 5.02 Å². The summed E-state index contributed by atoms with van der Waals surface area (Å²) < 4.78 is 0. The number of benzene rings is 1. The van der Waals surface area contributed by atoms with Crippen LogP contribution in [0.1, 0.15) is 44.4 Å². The van der Waals surface area contributed by atoms with Crippen LogP contribution in [0.5, 0.6) is 0 Å². The summed E-state index contributed by atoms with van der Waals surface area (Å²) in [4.78, 5) is 0. The number of halogens is 1. The van der Waals surface area contributed by atoms with Crippen LogP contribution in [0, 0.1) is 12.8 Å². The van der Waals surface area contributed by atoms with Crippen molar-refractivity contribution in [3.8, 4) is 0 Å². The van der Waals surface area contributed by atoms with Gasteiger partial charge in [-0.05, 0) is 49.1 Å². The van der Waals surface area contributed by atoms with Crippen LogP contribution in [-0.4, -0.2) is 6.54 Å². The van der Waals surface area contributed by atoms with E-state index < -0.39 is 0 Å². The molecule has 1 unspecified atom stereocenters. The van der Waals surface area contributed by atoms with Crippen molar-refractivity contribution in [3.63, 3.8) is 0 Å². The summed E-state index contributed by atoms with van der Waals surface area (Å²) in [5.74, 6) is 0.694. The van der Waals surface area contributed by atoms with Crippen molar-refractivity contribution in [2.45, 2.75) is 40.2 Å². The quantitative estimate of drug-likeness (QED) is 0.806. The molecule has 0 radical (unpaired) electrons. The Morgan fingerprint density at radius 2 is 2.00 bits per heavy atom. The van der Waals surface area contributed by atoms with Crippen LogP contribution in [0.4, 0.5) is 0 Å². The average Bonchev–Trinajstić information content (AvgIpc) is 2.16. The predicted octanol–water partition coefficient (Wildman–Crippen LogP) is 4.35. The van der Waals surface area contributed by atoms with E-state index >= 15 is 0 Å². The first-order valence-corrected chi connectivity index (χ1v) is 6.41. The highest BCUT2D eigenvalue weighted by molar-refractivity contribution is 6.30. The zero-order chi connectivity index (χ0) is 12.1. The van der Waals surface area contributed by atoms with Gasteiger partial charge in [-0.15, -0.1) is 0 Å². The summed E-state index contributed by atoms with van der Waals surface area (Å²) in [6.45, 7) is 9.80. The molecule has 2 heteroatoms. The van der Waals surface area contributed by atoms with Crippen molar-refractivity contribution >= 4 is 11.6 Å². The van der Waals surface area contributed by atoms with Gasteiger partial charge < -0.3 is 5.32 Å². The second kappa shape index (κ2) is 6.27. The Kier molecular flexibility index (Phi) is 5.30. The Labute approximate surface area is 104 Å². The van der Waals surface area contributed by atoms with E-state index in [9.17, 15) is 0 Å². The molecule has 0 saturated heterocycles. The van der Waals surface area contributed by atoms with Gasteiger partial charge in [0.2, 0.25) is 0 Å². The zero-order valence-corrected chi connectivity index (χ0v) is 11.4. The topological polar surface area (TPSA) is 12.0 Å². The lowest BCUT2D eigenvalue weighted by atomic mass is 9.94. The molecule has 0 heterocycles. The summed E-state index contributed by atoms with van der Waals surface area (Å²) >= 11 is 5.98. The van der Waals surface area contributed by atoms with Gasteiger partial charge in [0.25, 0.3) is 0 Å². The number of hydrogen-bond donors (Lipinski definition) is 1. The molecule has 16 heavy (non-hydrogen) atoms. The van der Waals surface area contributed by atoms with Crippen molar-refractivity contribution in [1.82, 2.24) is 5.32 Å². The highest BCUT2D eigenvalue weighted by Crippen LogP contribution is 2.26. The second-order valence-electron chi connectivity index (χ2n) is 4.74. The van der Waals surface area contributed by atoms with Crippen molar-refractivity contribution in [1.29, 1.82) is 0 Å². The number of nitrogens with one attached hydrogen (secondary N) is 1. The molecule has 0 aliphatic heterocycles. The highest BCUT2D eigenvalue weighted by atomic mass is 35.5. The van der Waals surface area contributed by atoms with Crippen LogP contribution < -0.4 is 5.32 Å². The fourth-order valence-corrected chi connectivity index (χ4v) is 2.29. The molecular formula is C14H22ClN. The smallest absolute Gasteiger partial charge is 0.0408 e. The summed E-state index contributed by atoms with van der Waals surface area (Å²) in [6.07, 6.45) is 1.16. The largest absolute Gasteiger partial charge is 0.310 e. The standard InChI is InChI=1S/C14H22ClN/c1-5-16-14(8-10(2)3)13-7-6-12(15)9-11(13)4/h6-7,9-10,14,16H,5,8H2,1-4H3. The Balaban J connectivity index is 2.91. The molecular weight excluding hydrogens is 218 g/mol. The van der Waals surface area contributed by atoms with Crippen LogP contribution in [0.15, 0.2) is 18.2 Å². The molecule has 1 aromatic rings. The Morgan fingerprint density at radius 1 is 1.31 bits per heavy atom. The van der Waals surface area contributed by atoms with E-state index in [1.54, 1.807) is 0 Å². The lowest BCUT2D eigenvalue weighted by molar-refractivity contribution is 0.437. The van der Waals surface area contributed by atoms with Gasteiger partial charge in [0.15, 0.2) is 0 Å². The molecule has 1 aromatic carbocycles. The molecule has 0 fully saturated rings. The molecule has 1 rings (SSSR count). The maximum Gasteiger partial charge on any atom is 0.0408 e. The molecule has 0 spiro atoms. The monoisotopic (exact) mass is 239 g/mol. The SMILES string of the molecule is CCNC(CC(C)C)c1ccc(Cl)cc1C. The Hall–Kier alpha value is -0.530. The molecule has 0 aliphatic carbocycles. The van der Waals surface area contributed by atoms with Crippen molar-refractivity contribution < 1.29 is 0 Å². The van der Waals surface area contributed by atoms with Gasteiger partial charge in [-0.3, -0.25) is 0 Å². The molecule has 0 amide bonds. The minimum atomic E-state index is 0.447. The van der Waals surface area contributed by atoms with E-state index in [-0.39, 0.29) is 0 Å². The fourth-order valence-electron chi connectivity index (χ4n) is 2.07. The van der Waals surface area contributed by atoms with Gasteiger partial charge in [0.05, 0.1) is 0 Å². The number of hydrogen-bond acceptors (Lipinski definition) is 1. The third-order valence-electron chi connectivity index (χ3n) is 2.76. The third-order valence-corrected chi connectivity index (χ3v) is 3.00. The van der Waals surface area contributed by atoms with Gasteiger partial charge in [-0.1, -0.05) is 38.4 Å². The van der Waals surface area contributed by atoms with E-state index in [4.69, 9.17) is 11.6 Å². The van der Waals surface area contributed by atoms with Crippen LogP contribution in [0.3, 0.4) is 0 Å².